The van der Waals surface area contributed by atoms with Gasteiger partial charge in [-0.3, -0.25) is 0 Å². The molecule has 1 spiro atoms. The summed E-state index contributed by atoms with van der Waals surface area (Å²) in [5.74, 6) is 1.08. The van der Waals surface area contributed by atoms with Crippen LogP contribution < -0.4 is 5.32 Å². The molecule has 0 saturated carbocycles. The first-order valence-electron chi connectivity index (χ1n) is 7.84. The standard InChI is InChI=1S/C16H25NO3/c1(3-15-4-2-9-19-15)8-17-14-5-10-20-16(13-14)6-11-18-12-7-16/h2,4,9,14,17H,1,3,5-8,10-13H2. The predicted molar refractivity (Wildman–Crippen MR) is 76.8 cm³/mol. The number of hydrogen-bond acceptors (Lipinski definition) is 4. The quantitative estimate of drug-likeness (QED) is 0.841. The first-order valence-corrected chi connectivity index (χ1v) is 7.84. The summed E-state index contributed by atoms with van der Waals surface area (Å²) in [4.78, 5) is 0. The average Bonchev–Trinajstić information content (AvgIpc) is 2.98. The van der Waals surface area contributed by atoms with Gasteiger partial charge < -0.3 is 19.2 Å². The molecule has 112 valence electrons. The lowest BCUT2D eigenvalue weighted by Crippen LogP contribution is -2.50. The number of aryl methyl sites for hydroxylation is 1. The Morgan fingerprint density at radius 3 is 2.95 bits per heavy atom. The van der Waals surface area contributed by atoms with E-state index >= 15 is 0 Å². The molecule has 2 aliphatic rings. The van der Waals surface area contributed by atoms with Crippen molar-refractivity contribution in [3.63, 3.8) is 0 Å². The first kappa shape index (κ1) is 14.1. The molecule has 4 nitrogen and oxygen atoms in total. The molecule has 0 radical (unpaired) electrons. The van der Waals surface area contributed by atoms with Crippen LogP contribution in [0.5, 0.6) is 0 Å². The molecule has 20 heavy (non-hydrogen) atoms. The monoisotopic (exact) mass is 279 g/mol. The number of hydrogen-bond donors (Lipinski definition) is 1. The van der Waals surface area contributed by atoms with Crippen molar-refractivity contribution >= 4 is 0 Å². The van der Waals surface area contributed by atoms with E-state index in [0.717, 1.165) is 70.7 Å². The van der Waals surface area contributed by atoms with E-state index in [1.807, 2.05) is 12.1 Å². The molecule has 3 heterocycles. The van der Waals surface area contributed by atoms with Crippen LogP contribution in [0, 0.1) is 0 Å². The van der Waals surface area contributed by atoms with E-state index in [9.17, 15) is 0 Å². The smallest absolute Gasteiger partial charge is 0.103 e. The molecule has 1 unspecified atom stereocenters. The summed E-state index contributed by atoms with van der Waals surface area (Å²) in [6.45, 7) is 3.64. The van der Waals surface area contributed by atoms with Gasteiger partial charge in [0.05, 0.1) is 11.9 Å². The zero-order valence-electron chi connectivity index (χ0n) is 12.1. The Kier molecular flexibility index (Phi) is 4.76. The van der Waals surface area contributed by atoms with Gasteiger partial charge in [-0.25, -0.2) is 0 Å². The largest absolute Gasteiger partial charge is 0.469 e. The van der Waals surface area contributed by atoms with Crippen molar-refractivity contribution in [2.75, 3.05) is 26.4 Å². The van der Waals surface area contributed by atoms with Crippen LogP contribution in [0.1, 0.15) is 37.9 Å². The second kappa shape index (κ2) is 6.74. The minimum Gasteiger partial charge on any atom is -0.469 e. The van der Waals surface area contributed by atoms with Gasteiger partial charge in [-0.15, -0.1) is 0 Å². The maximum absolute atomic E-state index is 6.07. The summed E-state index contributed by atoms with van der Waals surface area (Å²) < 4.78 is 16.9. The molecule has 1 N–H and O–H groups in total. The van der Waals surface area contributed by atoms with Gasteiger partial charge in [0.2, 0.25) is 0 Å². The average molecular weight is 279 g/mol. The molecule has 1 aromatic rings. The van der Waals surface area contributed by atoms with E-state index in [-0.39, 0.29) is 5.60 Å². The zero-order valence-corrected chi connectivity index (χ0v) is 12.1. The Morgan fingerprint density at radius 2 is 2.15 bits per heavy atom. The normalized spacial score (nSPS) is 25.9. The second-order valence-electron chi connectivity index (χ2n) is 5.97. The predicted octanol–water partition coefficient (Wildman–Crippen LogP) is 2.53. The fourth-order valence-corrected chi connectivity index (χ4v) is 3.32. The summed E-state index contributed by atoms with van der Waals surface area (Å²) in [5.41, 5.74) is 0.0924. The Balaban J connectivity index is 1.39. The zero-order chi connectivity index (χ0) is 13.7. The molecule has 1 aromatic heterocycles. The van der Waals surface area contributed by atoms with Crippen LogP contribution in [0.4, 0.5) is 0 Å². The van der Waals surface area contributed by atoms with Crippen molar-refractivity contribution < 1.29 is 13.9 Å². The third-order valence-corrected chi connectivity index (χ3v) is 4.51. The Bertz CT molecular complexity index is 379. The highest BCUT2D eigenvalue weighted by Crippen LogP contribution is 2.34. The van der Waals surface area contributed by atoms with Crippen molar-refractivity contribution in [2.45, 2.75) is 50.2 Å². The topological polar surface area (TPSA) is 43.6 Å². The number of nitrogens with one attached hydrogen (secondary N) is 1. The van der Waals surface area contributed by atoms with Gasteiger partial charge in [-0.2, -0.15) is 0 Å². The van der Waals surface area contributed by atoms with E-state index in [4.69, 9.17) is 13.9 Å². The van der Waals surface area contributed by atoms with Gasteiger partial charge in [-0.05, 0) is 50.8 Å². The Morgan fingerprint density at radius 1 is 1.25 bits per heavy atom. The van der Waals surface area contributed by atoms with Gasteiger partial charge >= 0.3 is 0 Å². The molecule has 0 bridgehead atoms. The number of rotatable bonds is 5. The van der Waals surface area contributed by atoms with Gasteiger partial charge in [-0.1, -0.05) is 0 Å². The van der Waals surface area contributed by atoms with Crippen LogP contribution in [-0.4, -0.2) is 38.0 Å². The summed E-state index contributed by atoms with van der Waals surface area (Å²) >= 11 is 0. The summed E-state index contributed by atoms with van der Waals surface area (Å²) in [7, 11) is 0. The Hall–Kier alpha value is -0.840. The molecular formula is C16H25NO3. The van der Waals surface area contributed by atoms with Crippen LogP contribution in [0.15, 0.2) is 22.8 Å². The SMILES string of the molecule is c1coc(CCCNC2CCOC3(CCOCC3)C2)c1. The second-order valence-corrected chi connectivity index (χ2v) is 5.97. The summed E-state index contributed by atoms with van der Waals surface area (Å²) in [6.07, 6.45) is 8.26. The molecule has 2 fully saturated rings. The van der Waals surface area contributed by atoms with E-state index in [2.05, 4.69) is 5.32 Å². The number of furan rings is 1. The maximum atomic E-state index is 6.07. The van der Waals surface area contributed by atoms with Gasteiger partial charge in [0.15, 0.2) is 0 Å². The van der Waals surface area contributed by atoms with E-state index in [1.165, 1.54) is 0 Å². The molecule has 0 aliphatic carbocycles. The lowest BCUT2D eigenvalue weighted by atomic mass is 9.84. The van der Waals surface area contributed by atoms with E-state index in [0.29, 0.717) is 6.04 Å². The highest BCUT2D eigenvalue weighted by molar-refractivity contribution is 4.98. The molecule has 2 aliphatic heterocycles. The summed E-state index contributed by atoms with van der Waals surface area (Å²) in [5, 5.41) is 3.69. The van der Waals surface area contributed by atoms with Crippen LogP contribution >= 0.6 is 0 Å². The Labute approximate surface area is 120 Å². The van der Waals surface area contributed by atoms with E-state index in [1.54, 1.807) is 6.26 Å². The number of ether oxygens (including phenoxy) is 2. The van der Waals surface area contributed by atoms with E-state index < -0.39 is 0 Å². The highest BCUT2D eigenvalue weighted by atomic mass is 16.5. The van der Waals surface area contributed by atoms with Crippen molar-refractivity contribution in [3.05, 3.63) is 24.2 Å². The fraction of sp³-hybridized carbons (Fsp3) is 0.750. The molecule has 0 aromatic carbocycles. The van der Waals surface area contributed by atoms with Crippen LogP contribution in [0.25, 0.3) is 0 Å². The van der Waals surface area contributed by atoms with Gasteiger partial charge in [0.25, 0.3) is 0 Å². The molecule has 0 amide bonds. The minimum absolute atomic E-state index is 0.0924. The van der Waals surface area contributed by atoms with Crippen molar-refractivity contribution in [3.8, 4) is 0 Å². The molecule has 4 heteroatoms. The van der Waals surface area contributed by atoms with Crippen molar-refractivity contribution in [1.29, 1.82) is 0 Å². The highest BCUT2D eigenvalue weighted by Gasteiger charge is 2.38. The minimum atomic E-state index is 0.0924. The van der Waals surface area contributed by atoms with Crippen molar-refractivity contribution in [2.24, 2.45) is 0 Å². The van der Waals surface area contributed by atoms with Crippen LogP contribution in [0.2, 0.25) is 0 Å². The molecular weight excluding hydrogens is 254 g/mol. The molecule has 1 atom stereocenters. The summed E-state index contributed by atoms with van der Waals surface area (Å²) in [6, 6.07) is 4.60. The van der Waals surface area contributed by atoms with Crippen LogP contribution in [-0.2, 0) is 15.9 Å². The van der Waals surface area contributed by atoms with Gasteiger partial charge in [0, 0.05) is 32.3 Å². The third kappa shape index (κ3) is 3.62. The maximum Gasteiger partial charge on any atom is 0.103 e. The fourth-order valence-electron chi connectivity index (χ4n) is 3.32. The first-order chi connectivity index (χ1) is 9.86. The van der Waals surface area contributed by atoms with Gasteiger partial charge in [0.1, 0.15) is 5.76 Å². The third-order valence-electron chi connectivity index (χ3n) is 4.51. The van der Waals surface area contributed by atoms with Crippen LogP contribution in [0.3, 0.4) is 0 Å². The molecule has 3 rings (SSSR count). The lowest BCUT2D eigenvalue weighted by Gasteiger charge is -2.43. The lowest BCUT2D eigenvalue weighted by molar-refractivity contribution is -0.140. The van der Waals surface area contributed by atoms with Crippen molar-refractivity contribution in [1.82, 2.24) is 5.32 Å². The molecule has 2 saturated heterocycles.